The number of aromatic nitrogens is 1. The lowest BCUT2D eigenvalue weighted by Gasteiger charge is -2.03. The number of thiophene rings is 1. The number of rotatable bonds is 5. The third-order valence-electron chi connectivity index (χ3n) is 2.61. The number of carbonyl (C=O) groups is 1. The lowest BCUT2D eigenvalue weighted by Crippen LogP contribution is -2.25. The highest BCUT2D eigenvalue weighted by Gasteiger charge is 2.16. The van der Waals surface area contributed by atoms with Gasteiger partial charge in [-0.3, -0.25) is 9.00 Å². The first-order valence-corrected chi connectivity index (χ1v) is 8.35. The summed E-state index contributed by atoms with van der Waals surface area (Å²) in [7, 11) is -0.825. The highest BCUT2D eigenvalue weighted by Crippen LogP contribution is 2.31. The molecule has 2 heterocycles. The molecule has 19 heavy (non-hydrogen) atoms. The van der Waals surface area contributed by atoms with Gasteiger partial charge in [0.1, 0.15) is 9.71 Å². The molecule has 0 aliphatic rings. The van der Waals surface area contributed by atoms with E-state index in [4.69, 9.17) is 5.73 Å². The number of nitrogens with one attached hydrogen (secondary N) is 1. The first-order valence-electron chi connectivity index (χ1n) is 5.81. The van der Waals surface area contributed by atoms with Crippen LogP contribution in [-0.2, 0) is 10.8 Å². The summed E-state index contributed by atoms with van der Waals surface area (Å²) in [6.45, 7) is 0.500. The normalized spacial score (nSPS) is 12.5. The fourth-order valence-electron chi connectivity index (χ4n) is 1.68. The number of hydrogen-bond donors (Lipinski definition) is 2. The second-order valence-electron chi connectivity index (χ2n) is 4.09. The van der Waals surface area contributed by atoms with Gasteiger partial charge in [-0.05, 0) is 18.6 Å². The highest BCUT2D eigenvalue weighted by atomic mass is 32.2. The van der Waals surface area contributed by atoms with Crippen molar-refractivity contribution in [2.24, 2.45) is 0 Å². The van der Waals surface area contributed by atoms with Gasteiger partial charge in [0.25, 0.3) is 5.91 Å². The fourth-order valence-corrected chi connectivity index (χ4v) is 3.21. The van der Waals surface area contributed by atoms with Crippen LogP contribution >= 0.6 is 11.3 Å². The number of carbonyl (C=O) groups excluding carboxylic acids is 1. The van der Waals surface area contributed by atoms with Gasteiger partial charge in [0, 0.05) is 40.9 Å². The Bertz CT molecular complexity index is 624. The smallest absolute Gasteiger partial charge is 0.263 e. The second kappa shape index (κ2) is 6.12. The van der Waals surface area contributed by atoms with Crippen molar-refractivity contribution < 1.29 is 9.00 Å². The van der Waals surface area contributed by atoms with E-state index in [0.717, 1.165) is 10.2 Å². The van der Waals surface area contributed by atoms with Crippen molar-refractivity contribution in [2.45, 2.75) is 6.42 Å². The van der Waals surface area contributed by atoms with Gasteiger partial charge in [-0.15, -0.1) is 11.3 Å². The second-order valence-corrected chi connectivity index (χ2v) is 6.64. The lowest BCUT2D eigenvalue weighted by molar-refractivity contribution is 0.0958. The molecule has 0 aliphatic heterocycles. The van der Waals surface area contributed by atoms with Crippen molar-refractivity contribution in [3.8, 4) is 0 Å². The van der Waals surface area contributed by atoms with Crippen molar-refractivity contribution in [1.29, 1.82) is 0 Å². The lowest BCUT2D eigenvalue weighted by atomic mass is 10.2. The molecule has 2 aromatic heterocycles. The Morgan fingerprint density at radius 3 is 3.05 bits per heavy atom. The number of anilines is 1. The molecule has 1 unspecified atom stereocenters. The molecule has 0 saturated heterocycles. The number of pyridine rings is 1. The monoisotopic (exact) mass is 297 g/mol. The van der Waals surface area contributed by atoms with E-state index in [2.05, 4.69) is 10.3 Å². The van der Waals surface area contributed by atoms with Gasteiger partial charge < -0.3 is 11.1 Å². The zero-order valence-corrected chi connectivity index (χ0v) is 12.1. The number of nitrogens with two attached hydrogens (primary N) is 1. The number of fused-ring (bicyclic) bond motifs is 1. The van der Waals surface area contributed by atoms with Crippen LogP contribution in [0.25, 0.3) is 10.2 Å². The summed E-state index contributed by atoms with van der Waals surface area (Å²) in [5.41, 5.74) is 6.43. The SMILES string of the molecule is CS(=O)CCCNC(=O)c1sc2ncccc2c1N. The molecule has 1 atom stereocenters. The summed E-state index contributed by atoms with van der Waals surface area (Å²) >= 11 is 1.29. The van der Waals surface area contributed by atoms with Crippen LogP contribution in [0.5, 0.6) is 0 Å². The van der Waals surface area contributed by atoms with Crippen molar-refractivity contribution in [2.75, 3.05) is 24.3 Å². The summed E-state index contributed by atoms with van der Waals surface area (Å²) in [6, 6.07) is 3.65. The zero-order chi connectivity index (χ0) is 13.8. The van der Waals surface area contributed by atoms with Gasteiger partial charge in [0.2, 0.25) is 0 Å². The molecule has 0 radical (unpaired) electrons. The van der Waals surface area contributed by atoms with Crippen LogP contribution in [0.3, 0.4) is 0 Å². The van der Waals surface area contributed by atoms with Crippen LogP contribution < -0.4 is 11.1 Å². The minimum Gasteiger partial charge on any atom is -0.397 e. The number of amides is 1. The van der Waals surface area contributed by atoms with E-state index >= 15 is 0 Å². The van der Waals surface area contributed by atoms with Crippen LogP contribution in [0.2, 0.25) is 0 Å². The van der Waals surface area contributed by atoms with Crippen molar-refractivity contribution in [3.63, 3.8) is 0 Å². The van der Waals surface area contributed by atoms with E-state index in [0.29, 0.717) is 29.3 Å². The van der Waals surface area contributed by atoms with E-state index in [-0.39, 0.29) is 5.91 Å². The molecule has 0 spiro atoms. The molecule has 0 bridgehead atoms. The Balaban J connectivity index is 2.05. The maximum atomic E-state index is 12.0. The summed E-state index contributed by atoms with van der Waals surface area (Å²) in [6.07, 6.45) is 4.02. The average molecular weight is 297 g/mol. The fraction of sp³-hybridized carbons (Fsp3) is 0.333. The van der Waals surface area contributed by atoms with Crippen molar-refractivity contribution in [1.82, 2.24) is 10.3 Å². The van der Waals surface area contributed by atoms with Crippen LogP contribution in [0.1, 0.15) is 16.1 Å². The Labute approximate surface area is 117 Å². The molecule has 5 nitrogen and oxygen atoms in total. The van der Waals surface area contributed by atoms with Gasteiger partial charge in [-0.2, -0.15) is 0 Å². The molecule has 3 N–H and O–H groups in total. The maximum Gasteiger partial charge on any atom is 0.263 e. The quantitative estimate of drug-likeness (QED) is 0.816. The van der Waals surface area contributed by atoms with E-state index in [9.17, 15) is 9.00 Å². The maximum absolute atomic E-state index is 12.0. The van der Waals surface area contributed by atoms with Crippen LogP contribution in [0.4, 0.5) is 5.69 Å². The molecule has 0 saturated carbocycles. The van der Waals surface area contributed by atoms with E-state index in [1.807, 2.05) is 6.07 Å². The Morgan fingerprint density at radius 2 is 2.37 bits per heavy atom. The van der Waals surface area contributed by atoms with Gasteiger partial charge in [0.15, 0.2) is 0 Å². The third-order valence-corrected chi connectivity index (χ3v) is 4.60. The molecule has 0 aromatic carbocycles. The topological polar surface area (TPSA) is 85.1 Å². The van der Waals surface area contributed by atoms with Crippen molar-refractivity contribution >= 4 is 43.9 Å². The standard InChI is InChI=1S/C12H15N3O2S2/c1-19(17)7-3-6-14-11(16)10-9(13)8-4-2-5-15-12(8)18-10/h2,4-5H,3,6-7,13H2,1H3,(H,14,16). The average Bonchev–Trinajstić information content (AvgIpc) is 2.72. The molecule has 102 valence electrons. The summed E-state index contributed by atoms with van der Waals surface area (Å²) in [4.78, 5) is 17.4. The minimum atomic E-state index is -0.825. The predicted octanol–water partition coefficient (Wildman–Crippen LogP) is 1.38. The van der Waals surface area contributed by atoms with Crippen LogP contribution in [-0.4, -0.2) is 33.7 Å². The number of nitrogens with zero attached hydrogens (tertiary/aromatic N) is 1. The largest absolute Gasteiger partial charge is 0.397 e. The van der Waals surface area contributed by atoms with Gasteiger partial charge >= 0.3 is 0 Å². The summed E-state index contributed by atoms with van der Waals surface area (Å²) in [5, 5.41) is 3.60. The molecule has 7 heteroatoms. The first-order chi connectivity index (χ1) is 9.09. The first kappa shape index (κ1) is 14.0. The van der Waals surface area contributed by atoms with E-state index < -0.39 is 10.8 Å². The van der Waals surface area contributed by atoms with Gasteiger partial charge in [-0.1, -0.05) is 0 Å². The molecule has 1 amide bonds. The zero-order valence-electron chi connectivity index (χ0n) is 10.5. The molecule has 2 rings (SSSR count). The Kier molecular flexibility index (Phi) is 4.49. The molecular weight excluding hydrogens is 282 g/mol. The minimum absolute atomic E-state index is 0.192. The number of hydrogen-bond acceptors (Lipinski definition) is 5. The third kappa shape index (κ3) is 3.30. The molecule has 0 aliphatic carbocycles. The van der Waals surface area contributed by atoms with Crippen LogP contribution in [0, 0.1) is 0 Å². The van der Waals surface area contributed by atoms with E-state index in [1.54, 1.807) is 18.5 Å². The van der Waals surface area contributed by atoms with E-state index in [1.165, 1.54) is 11.3 Å². The summed E-state index contributed by atoms with van der Waals surface area (Å²) in [5.74, 6) is 0.395. The van der Waals surface area contributed by atoms with Gasteiger partial charge in [0.05, 0.1) is 5.69 Å². The summed E-state index contributed by atoms with van der Waals surface area (Å²) < 4.78 is 10.9. The van der Waals surface area contributed by atoms with Gasteiger partial charge in [-0.25, -0.2) is 4.98 Å². The molecular formula is C12H15N3O2S2. The Morgan fingerprint density at radius 1 is 1.58 bits per heavy atom. The Hall–Kier alpha value is -1.47. The predicted molar refractivity (Wildman–Crippen MR) is 79.9 cm³/mol. The van der Waals surface area contributed by atoms with Crippen molar-refractivity contribution in [3.05, 3.63) is 23.2 Å². The highest BCUT2D eigenvalue weighted by molar-refractivity contribution is 7.84. The number of nitrogen functional groups attached to an aromatic ring is 1. The molecule has 0 fully saturated rings. The van der Waals surface area contributed by atoms with Crippen LogP contribution in [0.15, 0.2) is 18.3 Å². The molecule has 2 aromatic rings.